The number of thiocarbonyl (C=S) groups is 1. The average Bonchev–Trinajstić information content (AvgIpc) is 2.80. The van der Waals surface area contributed by atoms with Crippen molar-refractivity contribution in [1.29, 1.82) is 0 Å². The van der Waals surface area contributed by atoms with Gasteiger partial charge in [0.2, 0.25) is 16.1 Å². The van der Waals surface area contributed by atoms with Crippen LogP contribution in [0, 0.1) is 0 Å². The third kappa shape index (κ3) is 4.55. The molecule has 0 bridgehead atoms. The van der Waals surface area contributed by atoms with Crippen molar-refractivity contribution in [2.45, 2.75) is 10.9 Å². The molecule has 2 N–H and O–H groups in total. The largest absolute Gasteiger partial charge is 0.271 e. The Balaban J connectivity index is 1.73. The molecule has 3 aromatic carbocycles. The van der Waals surface area contributed by atoms with Crippen molar-refractivity contribution in [3.05, 3.63) is 84.9 Å². The first kappa shape index (κ1) is 22.4. The fourth-order valence-electron chi connectivity index (χ4n) is 3.19. The molecule has 1 aliphatic heterocycles. The summed E-state index contributed by atoms with van der Waals surface area (Å²) in [7, 11) is -3.86. The second-order valence-corrected chi connectivity index (χ2v) is 8.88. The second kappa shape index (κ2) is 8.98. The maximum absolute atomic E-state index is 13.3. The third-order valence-corrected chi connectivity index (χ3v) is 6.07. The van der Waals surface area contributed by atoms with Gasteiger partial charge in [0, 0.05) is 0 Å². The molecule has 9 nitrogen and oxygen atoms in total. The standard InChI is InChI=1S/C22H17N5O4S2/c23-33(30,31)18-13-11-15(12-14-18)24-25-19-20(28)26(16-7-3-1-4-8-16)22(32)27(21(19)29)17-9-5-2-6-10-17/h1-14,19H,(H2,23,30,31). The number of primary sulfonamides is 1. The summed E-state index contributed by atoms with van der Waals surface area (Å²) < 4.78 is 22.8. The molecule has 1 aliphatic rings. The summed E-state index contributed by atoms with van der Waals surface area (Å²) in [4.78, 5) is 28.9. The molecule has 0 radical (unpaired) electrons. The van der Waals surface area contributed by atoms with E-state index in [2.05, 4.69) is 10.2 Å². The van der Waals surface area contributed by atoms with E-state index < -0.39 is 27.9 Å². The predicted octanol–water partition coefficient (Wildman–Crippen LogP) is 3.15. The topological polar surface area (TPSA) is 126 Å². The molecule has 11 heteroatoms. The molecule has 3 aromatic rings. The summed E-state index contributed by atoms with van der Waals surface area (Å²) in [5.74, 6) is -1.29. The normalized spacial score (nSPS) is 15.5. The van der Waals surface area contributed by atoms with Gasteiger partial charge in [0.05, 0.1) is 22.0 Å². The number of amides is 2. The van der Waals surface area contributed by atoms with Crippen molar-refractivity contribution in [3.8, 4) is 0 Å². The van der Waals surface area contributed by atoms with Crippen LogP contribution in [0.15, 0.2) is 100 Å². The molecule has 0 atom stereocenters. The van der Waals surface area contributed by atoms with E-state index in [0.717, 1.165) is 0 Å². The lowest BCUT2D eigenvalue weighted by Crippen LogP contribution is -2.62. The highest BCUT2D eigenvalue weighted by Gasteiger charge is 2.45. The van der Waals surface area contributed by atoms with Gasteiger partial charge < -0.3 is 0 Å². The van der Waals surface area contributed by atoms with Crippen LogP contribution in [0.5, 0.6) is 0 Å². The lowest BCUT2D eigenvalue weighted by Gasteiger charge is -2.37. The zero-order valence-electron chi connectivity index (χ0n) is 17.0. The van der Waals surface area contributed by atoms with E-state index >= 15 is 0 Å². The summed E-state index contributed by atoms with van der Waals surface area (Å²) in [6, 6.07) is 21.1. The Bertz CT molecular complexity index is 1280. The number of para-hydroxylation sites is 2. The summed E-state index contributed by atoms with van der Waals surface area (Å²) >= 11 is 5.52. The van der Waals surface area contributed by atoms with Crippen LogP contribution in [0.4, 0.5) is 17.1 Å². The molecule has 0 aromatic heterocycles. The third-order valence-electron chi connectivity index (χ3n) is 4.77. The van der Waals surface area contributed by atoms with Crippen LogP contribution in [0.25, 0.3) is 0 Å². The van der Waals surface area contributed by atoms with Gasteiger partial charge in [-0.2, -0.15) is 10.2 Å². The molecule has 0 saturated carbocycles. The van der Waals surface area contributed by atoms with E-state index in [4.69, 9.17) is 17.4 Å². The fourth-order valence-corrected chi connectivity index (χ4v) is 4.10. The monoisotopic (exact) mass is 479 g/mol. The van der Waals surface area contributed by atoms with Crippen molar-refractivity contribution < 1.29 is 18.0 Å². The second-order valence-electron chi connectivity index (χ2n) is 6.96. The van der Waals surface area contributed by atoms with Gasteiger partial charge in [0.15, 0.2) is 5.11 Å². The molecule has 1 heterocycles. The number of hydrogen-bond acceptors (Lipinski definition) is 7. The number of sulfonamides is 1. The fraction of sp³-hybridized carbons (Fsp3) is 0.0455. The van der Waals surface area contributed by atoms with Gasteiger partial charge in [-0.05, 0) is 60.7 Å². The summed E-state index contributed by atoms with van der Waals surface area (Å²) in [6.07, 6.45) is 0. The number of anilines is 2. The average molecular weight is 480 g/mol. The van der Waals surface area contributed by atoms with E-state index in [1.54, 1.807) is 60.7 Å². The van der Waals surface area contributed by atoms with Gasteiger partial charge in [-0.15, -0.1) is 0 Å². The minimum absolute atomic E-state index is 0.00588. The SMILES string of the molecule is NS(=O)(=O)c1ccc(N=NC2C(=O)N(c3ccccc3)C(=S)N(c3ccccc3)C2=O)cc1. The van der Waals surface area contributed by atoms with Crippen LogP contribution in [0.1, 0.15) is 0 Å². The van der Waals surface area contributed by atoms with Gasteiger partial charge >= 0.3 is 0 Å². The number of hydrogen-bond donors (Lipinski definition) is 1. The van der Waals surface area contributed by atoms with Gasteiger partial charge in [0.1, 0.15) is 0 Å². The highest BCUT2D eigenvalue weighted by Crippen LogP contribution is 2.28. The molecule has 0 unspecified atom stereocenters. The maximum atomic E-state index is 13.3. The van der Waals surface area contributed by atoms with Crippen molar-refractivity contribution >= 4 is 56.2 Å². The van der Waals surface area contributed by atoms with E-state index in [-0.39, 0.29) is 15.7 Å². The Morgan fingerprint density at radius 2 is 1.21 bits per heavy atom. The van der Waals surface area contributed by atoms with Crippen molar-refractivity contribution in [1.82, 2.24) is 0 Å². The Kier molecular flexibility index (Phi) is 6.09. The predicted molar refractivity (Wildman–Crippen MR) is 127 cm³/mol. The van der Waals surface area contributed by atoms with Crippen molar-refractivity contribution in [3.63, 3.8) is 0 Å². The Hall–Kier alpha value is -3.80. The van der Waals surface area contributed by atoms with Gasteiger partial charge in [-0.25, -0.2) is 13.6 Å². The van der Waals surface area contributed by atoms with Gasteiger partial charge in [0.25, 0.3) is 11.8 Å². The van der Waals surface area contributed by atoms with Crippen LogP contribution in [0.3, 0.4) is 0 Å². The number of carbonyl (C=O) groups excluding carboxylic acids is 2. The summed E-state index contributed by atoms with van der Waals surface area (Å²) in [5, 5.41) is 13.1. The molecular weight excluding hydrogens is 462 g/mol. The molecule has 33 heavy (non-hydrogen) atoms. The first-order valence-electron chi connectivity index (χ1n) is 9.63. The van der Waals surface area contributed by atoms with Crippen molar-refractivity contribution in [2.24, 2.45) is 15.4 Å². The van der Waals surface area contributed by atoms with Crippen LogP contribution in [-0.4, -0.2) is 31.4 Å². The van der Waals surface area contributed by atoms with Gasteiger partial charge in [-0.1, -0.05) is 36.4 Å². The molecule has 0 spiro atoms. The highest BCUT2D eigenvalue weighted by molar-refractivity contribution is 7.89. The number of carbonyl (C=O) groups is 2. The first-order chi connectivity index (χ1) is 15.8. The Morgan fingerprint density at radius 1 is 0.758 bits per heavy atom. The summed E-state index contributed by atoms with van der Waals surface area (Å²) in [6.45, 7) is 0. The van der Waals surface area contributed by atoms with Crippen LogP contribution < -0.4 is 14.9 Å². The molecule has 1 fully saturated rings. The van der Waals surface area contributed by atoms with E-state index in [0.29, 0.717) is 11.4 Å². The first-order valence-corrected chi connectivity index (χ1v) is 11.6. The van der Waals surface area contributed by atoms with Crippen LogP contribution in [0.2, 0.25) is 0 Å². The Morgan fingerprint density at radius 3 is 1.64 bits per heavy atom. The van der Waals surface area contributed by atoms with Gasteiger partial charge in [-0.3, -0.25) is 19.4 Å². The number of rotatable bonds is 5. The molecule has 2 amide bonds. The molecule has 4 rings (SSSR count). The molecular formula is C22H17N5O4S2. The van der Waals surface area contributed by atoms with Crippen LogP contribution in [-0.2, 0) is 19.6 Å². The smallest absolute Gasteiger partial charge is 0.269 e. The summed E-state index contributed by atoms with van der Waals surface area (Å²) in [5.41, 5.74) is 1.21. The number of azo groups is 1. The quantitative estimate of drug-likeness (QED) is 0.342. The van der Waals surface area contributed by atoms with Crippen LogP contribution >= 0.6 is 12.2 Å². The molecule has 166 valence electrons. The number of nitrogens with two attached hydrogens (primary N) is 1. The minimum atomic E-state index is -3.86. The lowest BCUT2D eigenvalue weighted by molar-refractivity contribution is -0.128. The molecule has 0 aliphatic carbocycles. The van der Waals surface area contributed by atoms with E-state index in [1.165, 1.54) is 34.1 Å². The number of benzene rings is 3. The zero-order chi connectivity index (χ0) is 23.6. The molecule has 1 saturated heterocycles. The van der Waals surface area contributed by atoms with E-state index in [1.807, 2.05) is 0 Å². The van der Waals surface area contributed by atoms with Crippen molar-refractivity contribution in [2.75, 3.05) is 9.80 Å². The van der Waals surface area contributed by atoms with E-state index in [9.17, 15) is 18.0 Å². The zero-order valence-corrected chi connectivity index (χ0v) is 18.6. The minimum Gasteiger partial charge on any atom is -0.271 e. The highest BCUT2D eigenvalue weighted by atomic mass is 32.2. The maximum Gasteiger partial charge on any atom is 0.269 e. The Labute approximate surface area is 195 Å². The lowest BCUT2D eigenvalue weighted by atomic mass is 10.1. The number of nitrogens with zero attached hydrogens (tertiary/aromatic N) is 4.